The molecule has 0 fully saturated rings. The van der Waals surface area contributed by atoms with Crippen LogP contribution in [0.4, 0.5) is 5.69 Å². The van der Waals surface area contributed by atoms with Crippen LogP contribution in [-0.2, 0) is 11.2 Å². The van der Waals surface area contributed by atoms with Gasteiger partial charge in [0.1, 0.15) is 17.4 Å². The van der Waals surface area contributed by atoms with Crippen LogP contribution in [0.2, 0.25) is 0 Å². The van der Waals surface area contributed by atoms with Gasteiger partial charge in [0, 0.05) is 25.7 Å². The molecule has 0 unspecified atom stereocenters. The fourth-order valence-electron chi connectivity index (χ4n) is 3.39. The first-order valence-electron chi connectivity index (χ1n) is 10.5. The molecule has 33 heavy (non-hydrogen) atoms. The lowest BCUT2D eigenvalue weighted by molar-refractivity contribution is -0.112. The molecule has 1 amide bonds. The van der Waals surface area contributed by atoms with Gasteiger partial charge in [-0.1, -0.05) is 46.3 Å². The van der Waals surface area contributed by atoms with E-state index in [0.29, 0.717) is 18.7 Å². The molecule has 4 nitrogen and oxygen atoms in total. The molecular formula is C27H24BrIN2O2. The van der Waals surface area contributed by atoms with Gasteiger partial charge in [0.05, 0.1) is 6.61 Å². The number of hydrogen-bond acceptors (Lipinski definition) is 3. The topological polar surface area (TPSA) is 62.1 Å². The van der Waals surface area contributed by atoms with Crippen molar-refractivity contribution in [1.29, 1.82) is 5.26 Å². The second kappa shape index (κ2) is 11.5. The third kappa shape index (κ3) is 6.24. The molecule has 0 heterocycles. The molecule has 0 saturated carbocycles. The lowest BCUT2D eigenvalue weighted by Crippen LogP contribution is -2.14. The zero-order valence-corrected chi connectivity index (χ0v) is 22.5. The molecule has 0 atom stereocenters. The zero-order valence-electron chi connectivity index (χ0n) is 18.7. The van der Waals surface area contributed by atoms with Gasteiger partial charge in [0.25, 0.3) is 5.91 Å². The summed E-state index contributed by atoms with van der Waals surface area (Å²) in [6.07, 6.45) is 2.31. The minimum Gasteiger partial charge on any atom is -0.494 e. The standard InChI is InChI=1S/C27H24BrIN2O2/c1-4-33-26-14-19(13-24(29)22(26)15-20-9-5-6-10-23(20)28)12-21(16-30)27(32)31-25-11-7-8-17(2)18(25)3/h5-14H,4,15H2,1-3H3,(H,31,32)/b21-12+. The number of ether oxygens (including phenoxy) is 1. The summed E-state index contributed by atoms with van der Waals surface area (Å²) in [5.41, 5.74) is 5.76. The van der Waals surface area contributed by atoms with Crippen LogP contribution in [0.15, 0.2) is 64.6 Å². The molecule has 0 bridgehead atoms. The summed E-state index contributed by atoms with van der Waals surface area (Å²) in [6, 6.07) is 19.7. The summed E-state index contributed by atoms with van der Waals surface area (Å²) >= 11 is 5.90. The van der Waals surface area contributed by atoms with Crippen molar-refractivity contribution in [2.45, 2.75) is 27.2 Å². The summed E-state index contributed by atoms with van der Waals surface area (Å²) in [5.74, 6) is 0.315. The zero-order chi connectivity index (χ0) is 24.0. The van der Waals surface area contributed by atoms with E-state index < -0.39 is 5.91 Å². The number of hydrogen-bond donors (Lipinski definition) is 1. The highest BCUT2D eigenvalue weighted by Crippen LogP contribution is 2.32. The number of benzene rings is 3. The summed E-state index contributed by atoms with van der Waals surface area (Å²) < 4.78 is 7.99. The number of nitrogens with zero attached hydrogens (tertiary/aromatic N) is 1. The van der Waals surface area contributed by atoms with Crippen LogP contribution < -0.4 is 10.1 Å². The average molecular weight is 615 g/mol. The normalized spacial score (nSPS) is 11.1. The number of halogens is 2. The van der Waals surface area contributed by atoms with Crippen molar-refractivity contribution in [3.8, 4) is 11.8 Å². The van der Waals surface area contributed by atoms with E-state index in [1.807, 2.05) is 75.4 Å². The molecule has 6 heteroatoms. The second-order valence-corrected chi connectivity index (χ2v) is 9.57. The smallest absolute Gasteiger partial charge is 0.266 e. The van der Waals surface area contributed by atoms with Crippen molar-refractivity contribution < 1.29 is 9.53 Å². The number of nitriles is 1. The lowest BCUT2D eigenvalue weighted by Gasteiger charge is -2.15. The van der Waals surface area contributed by atoms with Gasteiger partial charge in [0.15, 0.2) is 0 Å². The van der Waals surface area contributed by atoms with Gasteiger partial charge in [-0.3, -0.25) is 4.79 Å². The Morgan fingerprint density at radius 1 is 1.18 bits per heavy atom. The Balaban J connectivity index is 1.94. The Kier molecular flexibility index (Phi) is 8.70. The summed E-state index contributed by atoms with van der Waals surface area (Å²) in [4.78, 5) is 12.8. The third-order valence-corrected chi connectivity index (χ3v) is 7.07. The van der Waals surface area contributed by atoms with Gasteiger partial charge in [-0.05, 0) is 96.0 Å². The maximum Gasteiger partial charge on any atom is 0.266 e. The summed E-state index contributed by atoms with van der Waals surface area (Å²) in [5, 5.41) is 12.5. The predicted molar refractivity (Wildman–Crippen MR) is 145 cm³/mol. The highest BCUT2D eigenvalue weighted by atomic mass is 127. The van der Waals surface area contributed by atoms with Crippen molar-refractivity contribution in [1.82, 2.24) is 0 Å². The van der Waals surface area contributed by atoms with Crippen molar-refractivity contribution in [2.24, 2.45) is 0 Å². The van der Waals surface area contributed by atoms with Crippen LogP contribution in [0.5, 0.6) is 5.75 Å². The molecule has 0 aromatic heterocycles. The average Bonchev–Trinajstić information content (AvgIpc) is 2.79. The van der Waals surface area contributed by atoms with E-state index in [9.17, 15) is 10.1 Å². The van der Waals surface area contributed by atoms with Gasteiger partial charge >= 0.3 is 0 Å². The Morgan fingerprint density at radius 3 is 2.64 bits per heavy atom. The van der Waals surface area contributed by atoms with Gasteiger partial charge in [-0.2, -0.15) is 5.26 Å². The molecule has 168 valence electrons. The molecule has 1 N–H and O–H groups in total. The quantitative estimate of drug-likeness (QED) is 0.174. The van der Waals surface area contributed by atoms with Crippen molar-refractivity contribution in [3.63, 3.8) is 0 Å². The van der Waals surface area contributed by atoms with E-state index >= 15 is 0 Å². The number of carbonyl (C=O) groups is 1. The first-order valence-corrected chi connectivity index (χ1v) is 12.4. The number of amides is 1. The summed E-state index contributed by atoms with van der Waals surface area (Å²) in [6.45, 7) is 6.39. The Morgan fingerprint density at radius 2 is 1.94 bits per heavy atom. The van der Waals surface area contributed by atoms with Crippen molar-refractivity contribution >= 4 is 56.2 Å². The Hall–Kier alpha value is -2.63. The van der Waals surface area contributed by atoms with E-state index in [0.717, 1.165) is 41.6 Å². The Labute approximate surface area is 216 Å². The monoisotopic (exact) mass is 614 g/mol. The fraction of sp³-hybridized carbons (Fsp3) is 0.185. The predicted octanol–water partition coefficient (Wildman–Crippen LogP) is 7.21. The lowest BCUT2D eigenvalue weighted by atomic mass is 10.0. The van der Waals surface area contributed by atoms with Crippen molar-refractivity contribution in [3.05, 3.63) is 96.0 Å². The van der Waals surface area contributed by atoms with Gasteiger partial charge in [-0.25, -0.2) is 0 Å². The van der Waals surface area contributed by atoms with Gasteiger partial charge < -0.3 is 10.1 Å². The van der Waals surface area contributed by atoms with E-state index in [2.05, 4.69) is 49.9 Å². The number of rotatable bonds is 7. The molecule has 3 aromatic carbocycles. The van der Waals surface area contributed by atoms with Gasteiger partial charge in [-0.15, -0.1) is 0 Å². The number of nitrogens with one attached hydrogen (secondary N) is 1. The van der Waals surface area contributed by atoms with Crippen LogP contribution in [0, 0.1) is 28.7 Å². The second-order valence-electron chi connectivity index (χ2n) is 7.55. The Bertz CT molecular complexity index is 1260. The van der Waals surface area contributed by atoms with E-state index in [4.69, 9.17) is 4.74 Å². The van der Waals surface area contributed by atoms with E-state index in [1.54, 1.807) is 6.08 Å². The van der Waals surface area contributed by atoms with E-state index in [-0.39, 0.29) is 5.57 Å². The molecule has 0 radical (unpaired) electrons. The molecule has 0 aliphatic carbocycles. The van der Waals surface area contributed by atoms with Crippen LogP contribution >= 0.6 is 38.5 Å². The number of aryl methyl sites for hydroxylation is 1. The highest BCUT2D eigenvalue weighted by Gasteiger charge is 2.15. The van der Waals surface area contributed by atoms with Crippen LogP contribution in [0.1, 0.15) is 34.7 Å². The largest absolute Gasteiger partial charge is 0.494 e. The van der Waals surface area contributed by atoms with Crippen molar-refractivity contribution in [2.75, 3.05) is 11.9 Å². The maximum absolute atomic E-state index is 12.8. The third-order valence-electron chi connectivity index (χ3n) is 5.33. The number of anilines is 1. The van der Waals surface area contributed by atoms with Crippen LogP contribution in [0.25, 0.3) is 6.08 Å². The molecule has 0 aliphatic heterocycles. The van der Waals surface area contributed by atoms with E-state index in [1.165, 1.54) is 0 Å². The number of carbonyl (C=O) groups excluding carboxylic acids is 1. The molecule has 0 saturated heterocycles. The SMILES string of the molecule is CCOc1cc(/C=C(\C#N)C(=O)Nc2cccc(C)c2C)cc(I)c1Cc1ccccc1Br. The highest BCUT2D eigenvalue weighted by molar-refractivity contribution is 14.1. The minimum absolute atomic E-state index is 0.0349. The van der Waals surface area contributed by atoms with Crippen LogP contribution in [-0.4, -0.2) is 12.5 Å². The molecular weight excluding hydrogens is 591 g/mol. The van der Waals surface area contributed by atoms with Gasteiger partial charge in [0.2, 0.25) is 0 Å². The fourth-order valence-corrected chi connectivity index (χ4v) is 4.64. The molecule has 3 rings (SSSR count). The first-order chi connectivity index (χ1) is 15.8. The first kappa shape index (κ1) is 25.0. The minimum atomic E-state index is -0.434. The maximum atomic E-state index is 12.8. The van der Waals surface area contributed by atoms with Crippen LogP contribution in [0.3, 0.4) is 0 Å². The molecule has 3 aromatic rings. The molecule has 0 spiro atoms. The molecule has 0 aliphatic rings. The summed E-state index contributed by atoms with van der Waals surface area (Å²) in [7, 11) is 0.